The van der Waals surface area contributed by atoms with Crippen LogP contribution in [0.25, 0.3) is 5.78 Å². The zero-order chi connectivity index (χ0) is 17.4. The van der Waals surface area contributed by atoms with Crippen molar-refractivity contribution in [3.63, 3.8) is 0 Å². The first-order valence-electron chi connectivity index (χ1n) is 9.01. The zero-order valence-electron chi connectivity index (χ0n) is 15.0. The lowest BCUT2D eigenvalue weighted by molar-refractivity contribution is 0.446. The summed E-state index contributed by atoms with van der Waals surface area (Å²) in [5, 5.41) is 12.9. The molecule has 0 unspecified atom stereocenters. The molecule has 1 aliphatic heterocycles. The average molecular weight is 340 g/mol. The number of fused-ring (bicyclic) bond motifs is 1. The molecule has 3 aromatic heterocycles. The van der Waals surface area contributed by atoms with Gasteiger partial charge in [-0.25, -0.2) is 4.98 Å². The van der Waals surface area contributed by atoms with Gasteiger partial charge in [-0.3, -0.25) is 0 Å². The van der Waals surface area contributed by atoms with Crippen LogP contribution in [0.4, 0.5) is 5.82 Å². The number of aryl methyl sites for hydroxylation is 1. The van der Waals surface area contributed by atoms with Gasteiger partial charge < -0.3 is 9.47 Å². The number of hydrogen-bond donors (Lipinski definition) is 0. The van der Waals surface area contributed by atoms with Crippen molar-refractivity contribution in [1.82, 2.24) is 34.3 Å². The second-order valence-electron chi connectivity index (χ2n) is 6.88. The number of nitrogens with zero attached hydrogens (tertiary/aromatic N) is 8. The Morgan fingerprint density at radius 2 is 2.04 bits per heavy atom. The van der Waals surface area contributed by atoms with E-state index in [-0.39, 0.29) is 0 Å². The first-order chi connectivity index (χ1) is 12.2. The van der Waals surface area contributed by atoms with Crippen molar-refractivity contribution in [2.45, 2.75) is 52.0 Å². The maximum absolute atomic E-state index is 4.54. The Bertz CT molecular complexity index is 857. The maximum atomic E-state index is 4.54. The highest BCUT2D eigenvalue weighted by Gasteiger charge is 2.26. The monoisotopic (exact) mass is 340 g/mol. The summed E-state index contributed by atoms with van der Waals surface area (Å²) in [5.74, 6) is 3.34. The molecule has 0 saturated carbocycles. The van der Waals surface area contributed by atoms with Gasteiger partial charge in [0, 0.05) is 36.8 Å². The number of hydrogen-bond acceptors (Lipinski definition) is 6. The Morgan fingerprint density at radius 3 is 2.76 bits per heavy atom. The zero-order valence-corrected chi connectivity index (χ0v) is 15.0. The van der Waals surface area contributed by atoms with Gasteiger partial charge in [-0.2, -0.15) is 14.6 Å². The molecule has 0 aliphatic carbocycles. The quantitative estimate of drug-likeness (QED) is 0.725. The smallest absolute Gasteiger partial charge is 0.254 e. The van der Waals surface area contributed by atoms with Gasteiger partial charge in [0.2, 0.25) is 0 Å². The topological polar surface area (TPSA) is 77.0 Å². The molecule has 0 N–H and O–H groups in total. The molecule has 8 heteroatoms. The summed E-state index contributed by atoms with van der Waals surface area (Å²) in [7, 11) is 0. The average Bonchev–Trinajstić information content (AvgIpc) is 3.30. The molecule has 0 bridgehead atoms. The fourth-order valence-electron chi connectivity index (χ4n) is 3.56. The second-order valence-corrected chi connectivity index (χ2v) is 6.88. The third-order valence-corrected chi connectivity index (χ3v) is 4.99. The molecule has 8 nitrogen and oxygen atoms in total. The normalized spacial score (nSPS) is 16.2. The van der Waals surface area contributed by atoms with E-state index < -0.39 is 0 Å². The Morgan fingerprint density at radius 1 is 1.24 bits per heavy atom. The van der Waals surface area contributed by atoms with Crippen molar-refractivity contribution < 1.29 is 0 Å². The third kappa shape index (κ3) is 2.85. The Balaban J connectivity index is 1.56. The molecule has 1 aliphatic rings. The number of rotatable bonds is 4. The largest absolute Gasteiger partial charge is 0.356 e. The second kappa shape index (κ2) is 6.42. The SMILES string of the molecule is CCc1cc(N2CCC(c3nncn3C(C)C)CC2)n2ncnc2n1. The van der Waals surface area contributed by atoms with Crippen molar-refractivity contribution in [2.75, 3.05) is 18.0 Å². The molecule has 0 amide bonds. The highest BCUT2D eigenvalue weighted by Crippen LogP contribution is 2.30. The highest BCUT2D eigenvalue weighted by atomic mass is 15.4. The van der Waals surface area contributed by atoms with Gasteiger partial charge in [0.15, 0.2) is 0 Å². The standard InChI is InChI=1S/C17H24N8/c1-4-14-9-15(25-17(21-14)18-10-20-25)23-7-5-13(6-8-23)16-22-19-11-24(16)12(2)3/h9-13H,4-8H2,1-3H3. The molecular formula is C17H24N8. The minimum Gasteiger partial charge on any atom is -0.356 e. The lowest BCUT2D eigenvalue weighted by Crippen LogP contribution is -2.35. The molecule has 25 heavy (non-hydrogen) atoms. The highest BCUT2D eigenvalue weighted by molar-refractivity contribution is 5.47. The molecule has 132 valence electrons. The van der Waals surface area contributed by atoms with Crippen LogP contribution in [-0.2, 0) is 6.42 Å². The van der Waals surface area contributed by atoms with E-state index in [1.54, 1.807) is 6.33 Å². The van der Waals surface area contributed by atoms with E-state index in [4.69, 9.17) is 0 Å². The van der Waals surface area contributed by atoms with Gasteiger partial charge >= 0.3 is 0 Å². The van der Waals surface area contributed by atoms with Crippen LogP contribution in [0.2, 0.25) is 0 Å². The van der Waals surface area contributed by atoms with Crippen molar-refractivity contribution in [2.24, 2.45) is 0 Å². The first-order valence-corrected chi connectivity index (χ1v) is 9.01. The predicted octanol–water partition coefficient (Wildman–Crippen LogP) is 2.24. The molecule has 4 rings (SSSR count). The predicted molar refractivity (Wildman–Crippen MR) is 94.8 cm³/mol. The van der Waals surface area contributed by atoms with Crippen LogP contribution in [0.1, 0.15) is 57.1 Å². The van der Waals surface area contributed by atoms with E-state index >= 15 is 0 Å². The van der Waals surface area contributed by atoms with Crippen LogP contribution in [0.15, 0.2) is 18.7 Å². The fourth-order valence-corrected chi connectivity index (χ4v) is 3.56. The molecule has 3 aromatic rings. The van der Waals surface area contributed by atoms with Gasteiger partial charge in [-0.15, -0.1) is 10.2 Å². The fraction of sp³-hybridized carbons (Fsp3) is 0.588. The van der Waals surface area contributed by atoms with E-state index in [1.165, 1.54) is 0 Å². The van der Waals surface area contributed by atoms with Crippen molar-refractivity contribution in [1.29, 1.82) is 0 Å². The summed E-state index contributed by atoms with van der Waals surface area (Å²) in [6.45, 7) is 8.40. The summed E-state index contributed by atoms with van der Waals surface area (Å²) >= 11 is 0. The van der Waals surface area contributed by atoms with Gasteiger partial charge in [-0.05, 0) is 33.1 Å². The lowest BCUT2D eigenvalue weighted by Gasteiger charge is -2.33. The van der Waals surface area contributed by atoms with Crippen LogP contribution >= 0.6 is 0 Å². The van der Waals surface area contributed by atoms with E-state index in [0.29, 0.717) is 17.7 Å². The first kappa shape index (κ1) is 16.0. The summed E-state index contributed by atoms with van der Waals surface area (Å²) in [6, 6.07) is 2.53. The Labute approximate surface area is 146 Å². The molecule has 4 heterocycles. The summed E-state index contributed by atoms with van der Waals surface area (Å²) in [5.41, 5.74) is 1.05. The van der Waals surface area contributed by atoms with Crippen LogP contribution in [-0.4, -0.2) is 47.4 Å². The number of piperidine rings is 1. The van der Waals surface area contributed by atoms with Gasteiger partial charge in [-0.1, -0.05) is 6.92 Å². The van der Waals surface area contributed by atoms with Gasteiger partial charge in [0.1, 0.15) is 24.3 Å². The maximum Gasteiger partial charge on any atom is 0.254 e. The van der Waals surface area contributed by atoms with Crippen LogP contribution in [0.3, 0.4) is 0 Å². The summed E-state index contributed by atoms with van der Waals surface area (Å²) in [4.78, 5) is 11.2. The minimum atomic E-state index is 0.394. The van der Waals surface area contributed by atoms with Crippen LogP contribution in [0, 0.1) is 0 Å². The molecule has 0 radical (unpaired) electrons. The molecule has 1 fully saturated rings. The van der Waals surface area contributed by atoms with E-state index in [0.717, 1.165) is 49.7 Å². The van der Waals surface area contributed by atoms with Gasteiger partial charge in [0.25, 0.3) is 5.78 Å². The van der Waals surface area contributed by atoms with Crippen molar-refractivity contribution in [3.8, 4) is 0 Å². The molecule has 0 spiro atoms. The Hall–Kier alpha value is -2.51. The number of anilines is 1. The van der Waals surface area contributed by atoms with Crippen molar-refractivity contribution in [3.05, 3.63) is 30.2 Å². The summed E-state index contributed by atoms with van der Waals surface area (Å²) in [6.07, 6.45) is 6.44. The van der Waals surface area contributed by atoms with Crippen molar-refractivity contribution >= 4 is 11.6 Å². The van der Waals surface area contributed by atoms with Crippen LogP contribution in [0.5, 0.6) is 0 Å². The van der Waals surface area contributed by atoms with E-state index in [2.05, 4.69) is 61.6 Å². The van der Waals surface area contributed by atoms with Gasteiger partial charge in [0.05, 0.1) is 0 Å². The van der Waals surface area contributed by atoms with Crippen LogP contribution < -0.4 is 4.90 Å². The molecule has 1 saturated heterocycles. The molecule has 0 aromatic carbocycles. The summed E-state index contributed by atoms with van der Waals surface area (Å²) < 4.78 is 4.04. The lowest BCUT2D eigenvalue weighted by atomic mass is 9.95. The van der Waals surface area contributed by atoms with E-state index in [9.17, 15) is 0 Å². The number of aromatic nitrogens is 7. The molecular weight excluding hydrogens is 316 g/mol. The third-order valence-electron chi connectivity index (χ3n) is 4.99. The molecule has 0 atom stereocenters. The Kier molecular flexibility index (Phi) is 4.10. The minimum absolute atomic E-state index is 0.394. The van der Waals surface area contributed by atoms with E-state index in [1.807, 2.05) is 10.8 Å².